The zero-order valence-electron chi connectivity index (χ0n) is 24.3. The lowest BCUT2D eigenvalue weighted by atomic mass is 10.1. The molecule has 0 saturated carbocycles. The number of nitrogens with two attached hydrogens (primary N) is 2. The van der Waals surface area contributed by atoms with E-state index in [0.717, 1.165) is 70.3 Å². The van der Waals surface area contributed by atoms with Gasteiger partial charge in [0.25, 0.3) is 5.91 Å². The third-order valence-corrected chi connectivity index (χ3v) is 6.54. The van der Waals surface area contributed by atoms with Crippen molar-refractivity contribution in [2.24, 2.45) is 5.73 Å². The van der Waals surface area contributed by atoms with Gasteiger partial charge in [-0.25, -0.2) is 9.59 Å². The van der Waals surface area contributed by atoms with Crippen LogP contribution in [0, 0.1) is 0 Å². The van der Waals surface area contributed by atoms with Gasteiger partial charge in [0.2, 0.25) is 5.95 Å². The molecular formula is C28H44N10O4. The molecule has 0 radical (unpaired) electrons. The minimum atomic E-state index is -0.736. The number of aromatic amines is 1. The fourth-order valence-electron chi connectivity index (χ4n) is 4.24. The number of hydrogen-bond donors (Lipinski definition) is 7. The highest BCUT2D eigenvalue weighted by Crippen LogP contribution is 2.17. The molecule has 0 saturated heterocycles. The maximum absolute atomic E-state index is 12.6. The standard InChI is InChI=1S/C28H44N10O4/c1-2-3-16-34-27-36-23(29)22-24(37-27)38(28(41)35-22)19-20-8-10-21(11-9-20)25(39)33-17-6-14-31-12-4-5-13-32-15-7-18-42-26(30)40/h8-11,31-32H,2-7,12-19H2,1H3,(H2,30,40)(H,33,39)(H,35,41)(H3,29,34,36,37). The highest BCUT2D eigenvalue weighted by molar-refractivity contribution is 5.94. The third kappa shape index (κ3) is 10.7. The molecule has 0 bridgehead atoms. The summed E-state index contributed by atoms with van der Waals surface area (Å²) < 4.78 is 6.19. The number of anilines is 2. The molecule has 0 spiro atoms. The van der Waals surface area contributed by atoms with Crippen molar-refractivity contribution < 1.29 is 14.3 Å². The summed E-state index contributed by atoms with van der Waals surface area (Å²) in [6.07, 6.45) is 4.93. The van der Waals surface area contributed by atoms with Crippen LogP contribution in [-0.2, 0) is 11.3 Å². The number of carbonyl (C=O) groups is 2. The Balaban J connectivity index is 1.35. The van der Waals surface area contributed by atoms with Crippen molar-refractivity contribution in [2.45, 2.75) is 52.0 Å². The molecule has 2 heterocycles. The molecule has 0 atom stereocenters. The fraction of sp³-hybridized carbons (Fsp3) is 0.536. The van der Waals surface area contributed by atoms with Crippen LogP contribution in [0.5, 0.6) is 0 Å². The van der Waals surface area contributed by atoms with Crippen LogP contribution in [-0.4, -0.2) is 77.4 Å². The quantitative estimate of drug-likeness (QED) is 0.0953. The lowest BCUT2D eigenvalue weighted by Crippen LogP contribution is -2.28. The van der Waals surface area contributed by atoms with Crippen molar-refractivity contribution in [3.8, 4) is 0 Å². The van der Waals surface area contributed by atoms with Crippen LogP contribution < -0.4 is 38.4 Å². The topological polar surface area (TPSA) is 207 Å². The number of H-pyrrole nitrogens is 1. The lowest BCUT2D eigenvalue weighted by molar-refractivity contribution is 0.0953. The number of imidazole rings is 1. The van der Waals surface area contributed by atoms with E-state index in [0.29, 0.717) is 42.4 Å². The highest BCUT2D eigenvalue weighted by atomic mass is 16.5. The molecule has 3 aromatic rings. The van der Waals surface area contributed by atoms with Gasteiger partial charge in [0.05, 0.1) is 13.2 Å². The summed E-state index contributed by atoms with van der Waals surface area (Å²) in [5.74, 6) is 0.465. The smallest absolute Gasteiger partial charge is 0.404 e. The Morgan fingerprint density at radius 2 is 1.62 bits per heavy atom. The van der Waals surface area contributed by atoms with Crippen molar-refractivity contribution in [1.29, 1.82) is 0 Å². The van der Waals surface area contributed by atoms with E-state index >= 15 is 0 Å². The third-order valence-electron chi connectivity index (χ3n) is 6.54. The predicted octanol–water partition coefficient (Wildman–Crippen LogP) is 1.53. The summed E-state index contributed by atoms with van der Waals surface area (Å²) in [5.41, 5.74) is 12.9. The monoisotopic (exact) mass is 584 g/mol. The van der Waals surface area contributed by atoms with Gasteiger partial charge in [0.15, 0.2) is 11.5 Å². The summed E-state index contributed by atoms with van der Waals surface area (Å²) in [6, 6.07) is 7.16. The number of primary amides is 1. The van der Waals surface area contributed by atoms with E-state index in [2.05, 4.69) is 47.9 Å². The summed E-state index contributed by atoms with van der Waals surface area (Å²) in [5, 5.41) is 12.8. The first kappa shape index (κ1) is 32.3. The van der Waals surface area contributed by atoms with E-state index in [1.54, 1.807) is 12.1 Å². The van der Waals surface area contributed by atoms with Crippen LogP contribution in [0.2, 0.25) is 0 Å². The van der Waals surface area contributed by atoms with Crippen LogP contribution in [0.4, 0.5) is 16.6 Å². The second-order valence-electron chi connectivity index (χ2n) is 9.96. The SMILES string of the molecule is CCCCNc1nc(N)c2[nH]c(=O)n(Cc3ccc(C(=O)NCCCNCCCCNCCCOC(N)=O)cc3)c2n1. The van der Waals surface area contributed by atoms with Gasteiger partial charge in [0, 0.05) is 18.7 Å². The Kier molecular flexibility index (Phi) is 13.6. The Hall–Kier alpha value is -4.17. The van der Waals surface area contributed by atoms with Crippen molar-refractivity contribution in [1.82, 2.24) is 35.5 Å². The van der Waals surface area contributed by atoms with E-state index in [1.165, 1.54) is 4.57 Å². The lowest BCUT2D eigenvalue weighted by Gasteiger charge is -2.09. The first-order chi connectivity index (χ1) is 20.4. The number of amides is 2. The molecule has 1 aromatic carbocycles. The molecule has 230 valence electrons. The van der Waals surface area contributed by atoms with Gasteiger partial charge in [-0.05, 0) is 76.0 Å². The minimum absolute atomic E-state index is 0.138. The number of hydrogen-bond acceptors (Lipinski definition) is 10. The Morgan fingerprint density at radius 1 is 0.929 bits per heavy atom. The van der Waals surface area contributed by atoms with Crippen molar-refractivity contribution in [3.05, 3.63) is 45.9 Å². The molecule has 0 aliphatic carbocycles. The number of nitrogen functional groups attached to an aromatic ring is 1. The second-order valence-corrected chi connectivity index (χ2v) is 9.96. The largest absolute Gasteiger partial charge is 0.450 e. The van der Waals surface area contributed by atoms with Crippen molar-refractivity contribution >= 4 is 34.9 Å². The Bertz CT molecular complexity index is 1320. The molecular weight excluding hydrogens is 540 g/mol. The molecule has 0 aliphatic rings. The van der Waals surface area contributed by atoms with E-state index < -0.39 is 6.09 Å². The maximum atomic E-state index is 12.6. The number of nitrogens with zero attached hydrogens (tertiary/aromatic N) is 3. The molecule has 42 heavy (non-hydrogen) atoms. The number of aromatic nitrogens is 4. The van der Waals surface area contributed by atoms with Crippen molar-refractivity contribution in [2.75, 3.05) is 56.9 Å². The number of nitrogens with one attached hydrogen (secondary N) is 5. The van der Waals surface area contributed by atoms with Crippen LogP contribution in [0.25, 0.3) is 11.2 Å². The van der Waals surface area contributed by atoms with E-state index in [9.17, 15) is 14.4 Å². The van der Waals surface area contributed by atoms with Crippen LogP contribution in [0.15, 0.2) is 29.1 Å². The first-order valence-electron chi connectivity index (χ1n) is 14.6. The van der Waals surface area contributed by atoms with Gasteiger partial charge in [-0.1, -0.05) is 25.5 Å². The summed E-state index contributed by atoms with van der Waals surface area (Å²) in [7, 11) is 0. The van der Waals surface area contributed by atoms with Gasteiger partial charge in [-0.15, -0.1) is 0 Å². The fourth-order valence-corrected chi connectivity index (χ4v) is 4.24. The summed E-state index contributed by atoms with van der Waals surface area (Å²) >= 11 is 0. The van der Waals surface area contributed by atoms with Gasteiger partial charge in [-0.2, -0.15) is 9.97 Å². The number of unbranched alkanes of at least 4 members (excludes halogenated alkanes) is 2. The van der Waals surface area contributed by atoms with Crippen LogP contribution >= 0.6 is 0 Å². The molecule has 2 amide bonds. The number of benzene rings is 1. The summed E-state index contributed by atoms with van der Waals surface area (Å²) in [6.45, 7) is 7.43. The average molecular weight is 585 g/mol. The number of fused-ring (bicyclic) bond motifs is 1. The van der Waals surface area contributed by atoms with Gasteiger partial charge >= 0.3 is 11.8 Å². The van der Waals surface area contributed by atoms with Crippen molar-refractivity contribution in [3.63, 3.8) is 0 Å². The van der Waals surface area contributed by atoms with E-state index in [1.807, 2.05) is 12.1 Å². The minimum Gasteiger partial charge on any atom is -0.450 e. The molecule has 14 heteroatoms. The van der Waals surface area contributed by atoms with Gasteiger partial charge < -0.3 is 42.5 Å². The van der Waals surface area contributed by atoms with E-state index in [4.69, 9.17) is 11.5 Å². The molecule has 0 aliphatic heterocycles. The number of carbonyl (C=O) groups excluding carboxylic acids is 2. The Morgan fingerprint density at radius 3 is 2.31 bits per heavy atom. The number of ether oxygens (including phenoxy) is 1. The first-order valence-corrected chi connectivity index (χ1v) is 14.6. The van der Waals surface area contributed by atoms with Crippen LogP contribution in [0.3, 0.4) is 0 Å². The predicted molar refractivity (Wildman–Crippen MR) is 164 cm³/mol. The molecule has 0 fully saturated rings. The Labute approximate surface area is 245 Å². The van der Waals surface area contributed by atoms with Gasteiger partial charge in [0.1, 0.15) is 5.52 Å². The summed E-state index contributed by atoms with van der Waals surface area (Å²) in [4.78, 5) is 47.1. The average Bonchev–Trinajstić information content (AvgIpc) is 3.28. The molecule has 0 unspecified atom stereocenters. The maximum Gasteiger partial charge on any atom is 0.404 e. The molecule has 2 aromatic heterocycles. The zero-order chi connectivity index (χ0) is 30.2. The number of rotatable bonds is 20. The van der Waals surface area contributed by atoms with Gasteiger partial charge in [-0.3, -0.25) is 9.36 Å². The molecule has 3 rings (SSSR count). The molecule has 14 nitrogen and oxygen atoms in total. The normalized spacial score (nSPS) is 11.1. The van der Waals surface area contributed by atoms with Crippen LogP contribution in [0.1, 0.15) is 61.4 Å². The highest BCUT2D eigenvalue weighted by Gasteiger charge is 2.14. The zero-order valence-corrected chi connectivity index (χ0v) is 24.3. The second kappa shape index (κ2) is 17.6. The molecule has 9 N–H and O–H groups in total. The van der Waals surface area contributed by atoms with E-state index in [-0.39, 0.29) is 24.0 Å².